The molecular formula is C19H20N2O4S. The first-order valence-electron chi connectivity index (χ1n) is 8.50. The van der Waals surface area contributed by atoms with E-state index in [1.54, 1.807) is 35.2 Å². The predicted octanol–water partition coefficient (Wildman–Crippen LogP) is 2.41. The van der Waals surface area contributed by atoms with E-state index in [0.717, 1.165) is 12.0 Å². The maximum absolute atomic E-state index is 12.5. The molecule has 136 valence electrons. The summed E-state index contributed by atoms with van der Waals surface area (Å²) in [4.78, 5) is 38.2. The van der Waals surface area contributed by atoms with Gasteiger partial charge in [0.1, 0.15) is 6.04 Å². The van der Waals surface area contributed by atoms with Gasteiger partial charge in [-0.1, -0.05) is 18.2 Å². The van der Waals surface area contributed by atoms with E-state index in [9.17, 15) is 14.4 Å². The molecule has 6 nitrogen and oxygen atoms in total. The number of rotatable bonds is 6. The first-order valence-corrected chi connectivity index (χ1v) is 9.38. The lowest BCUT2D eigenvalue weighted by Crippen LogP contribution is -2.46. The number of carbonyl (C=O) groups excluding carboxylic acids is 2. The Kier molecular flexibility index (Phi) is 5.68. The number of thiophene rings is 1. The number of nitrogens with one attached hydrogen (secondary N) is 1. The Labute approximate surface area is 155 Å². The second-order valence-electron chi connectivity index (χ2n) is 6.18. The summed E-state index contributed by atoms with van der Waals surface area (Å²) in [6, 6.07) is 9.80. The number of carboxylic acid groups (broad SMARTS) is 1. The molecule has 1 fully saturated rings. The number of hydrogen-bond donors (Lipinski definition) is 2. The van der Waals surface area contributed by atoms with Gasteiger partial charge in [0.2, 0.25) is 5.91 Å². The minimum absolute atomic E-state index is 0.0816. The van der Waals surface area contributed by atoms with Crippen LogP contribution < -0.4 is 5.32 Å². The highest BCUT2D eigenvalue weighted by Gasteiger charge is 2.34. The minimum atomic E-state index is -0.957. The van der Waals surface area contributed by atoms with Crippen LogP contribution in [0.1, 0.15) is 38.4 Å². The number of aromatic carboxylic acids is 1. The Morgan fingerprint density at radius 3 is 2.62 bits per heavy atom. The van der Waals surface area contributed by atoms with Gasteiger partial charge in [0, 0.05) is 13.1 Å². The average Bonchev–Trinajstić information content (AvgIpc) is 3.33. The van der Waals surface area contributed by atoms with Crippen molar-refractivity contribution in [2.24, 2.45) is 0 Å². The van der Waals surface area contributed by atoms with E-state index in [4.69, 9.17) is 5.11 Å². The molecule has 2 heterocycles. The van der Waals surface area contributed by atoms with E-state index in [2.05, 4.69) is 5.32 Å². The van der Waals surface area contributed by atoms with Crippen LogP contribution in [0.25, 0.3) is 0 Å². The summed E-state index contributed by atoms with van der Waals surface area (Å²) in [5, 5.41) is 13.6. The van der Waals surface area contributed by atoms with Crippen LogP contribution in [0.5, 0.6) is 0 Å². The number of nitrogens with zero attached hydrogens (tertiary/aromatic N) is 1. The van der Waals surface area contributed by atoms with Crippen LogP contribution in [0.4, 0.5) is 0 Å². The first-order chi connectivity index (χ1) is 12.6. The molecule has 1 aromatic carbocycles. The van der Waals surface area contributed by atoms with Gasteiger partial charge in [0.15, 0.2) is 0 Å². The zero-order valence-corrected chi connectivity index (χ0v) is 15.0. The molecule has 0 radical (unpaired) electrons. The molecule has 2 aromatic rings. The molecule has 3 rings (SSSR count). The third-order valence-corrected chi connectivity index (χ3v) is 5.32. The second-order valence-corrected chi connectivity index (χ2v) is 7.12. The highest BCUT2D eigenvalue weighted by atomic mass is 32.1. The normalized spacial score (nSPS) is 16.5. The van der Waals surface area contributed by atoms with Gasteiger partial charge in [-0.3, -0.25) is 9.59 Å². The molecule has 7 heteroatoms. The van der Waals surface area contributed by atoms with Crippen molar-refractivity contribution in [3.63, 3.8) is 0 Å². The Morgan fingerprint density at radius 1 is 1.19 bits per heavy atom. The van der Waals surface area contributed by atoms with Gasteiger partial charge in [-0.15, -0.1) is 11.3 Å². The van der Waals surface area contributed by atoms with Gasteiger partial charge >= 0.3 is 5.97 Å². The van der Waals surface area contributed by atoms with Crippen LogP contribution in [0.2, 0.25) is 0 Å². The number of amides is 2. The maximum atomic E-state index is 12.5. The summed E-state index contributed by atoms with van der Waals surface area (Å²) in [6.07, 6.45) is 2.11. The molecule has 0 bridgehead atoms. The van der Waals surface area contributed by atoms with Crippen LogP contribution in [0, 0.1) is 0 Å². The average molecular weight is 372 g/mol. The molecule has 1 unspecified atom stereocenters. The standard InChI is InChI=1S/C19H20N2O4S/c22-17(20-10-9-13-5-7-14(8-6-13)19(24)25)15-3-1-11-21(15)18(23)16-4-2-12-26-16/h2,4-8,12,15H,1,3,9-11H2,(H,20,22)(H,24,25). The van der Waals surface area contributed by atoms with Crippen molar-refractivity contribution < 1.29 is 19.5 Å². The lowest BCUT2D eigenvalue weighted by molar-refractivity contribution is -0.124. The Hall–Kier alpha value is -2.67. The van der Waals surface area contributed by atoms with Gasteiger partial charge < -0.3 is 15.3 Å². The van der Waals surface area contributed by atoms with Crippen LogP contribution in [0.15, 0.2) is 41.8 Å². The molecule has 1 aromatic heterocycles. The second kappa shape index (κ2) is 8.14. The zero-order chi connectivity index (χ0) is 18.5. The Morgan fingerprint density at radius 2 is 1.96 bits per heavy atom. The lowest BCUT2D eigenvalue weighted by atomic mass is 10.1. The van der Waals surface area contributed by atoms with Gasteiger partial charge in [0.05, 0.1) is 10.4 Å². The number of benzene rings is 1. The molecule has 0 aliphatic carbocycles. The van der Waals surface area contributed by atoms with Crippen molar-refractivity contribution in [3.05, 3.63) is 57.8 Å². The van der Waals surface area contributed by atoms with Gasteiger partial charge in [0.25, 0.3) is 5.91 Å². The summed E-state index contributed by atoms with van der Waals surface area (Å²) in [5.74, 6) is -1.17. The summed E-state index contributed by atoms with van der Waals surface area (Å²) in [5.41, 5.74) is 1.19. The van der Waals surface area contributed by atoms with E-state index in [1.165, 1.54) is 11.3 Å². The van der Waals surface area contributed by atoms with Crippen molar-refractivity contribution in [1.82, 2.24) is 10.2 Å². The van der Waals surface area contributed by atoms with E-state index in [-0.39, 0.29) is 17.4 Å². The summed E-state index contributed by atoms with van der Waals surface area (Å²) in [7, 11) is 0. The largest absolute Gasteiger partial charge is 0.478 e. The smallest absolute Gasteiger partial charge is 0.335 e. The molecule has 1 aliphatic rings. The number of hydrogen-bond acceptors (Lipinski definition) is 4. The van der Waals surface area contributed by atoms with E-state index < -0.39 is 12.0 Å². The van der Waals surface area contributed by atoms with E-state index >= 15 is 0 Å². The fourth-order valence-corrected chi connectivity index (χ4v) is 3.76. The first kappa shape index (κ1) is 18.1. The molecule has 0 spiro atoms. The minimum Gasteiger partial charge on any atom is -0.478 e. The third kappa shape index (κ3) is 4.11. The van der Waals surface area contributed by atoms with E-state index in [0.29, 0.717) is 30.8 Å². The van der Waals surface area contributed by atoms with Crippen molar-refractivity contribution in [1.29, 1.82) is 0 Å². The van der Waals surface area contributed by atoms with Crippen LogP contribution in [-0.2, 0) is 11.2 Å². The van der Waals surface area contributed by atoms with Crippen molar-refractivity contribution in [2.45, 2.75) is 25.3 Å². The van der Waals surface area contributed by atoms with Crippen molar-refractivity contribution >= 4 is 29.1 Å². The molecule has 2 amide bonds. The Balaban J connectivity index is 1.52. The lowest BCUT2D eigenvalue weighted by Gasteiger charge is -2.23. The molecular weight excluding hydrogens is 352 g/mol. The maximum Gasteiger partial charge on any atom is 0.335 e. The topological polar surface area (TPSA) is 86.7 Å². The molecule has 1 aliphatic heterocycles. The predicted molar refractivity (Wildman–Crippen MR) is 98.5 cm³/mol. The summed E-state index contributed by atoms with van der Waals surface area (Å²) in [6.45, 7) is 1.05. The van der Waals surface area contributed by atoms with E-state index in [1.807, 2.05) is 11.4 Å². The highest BCUT2D eigenvalue weighted by Crippen LogP contribution is 2.22. The number of carbonyl (C=O) groups is 3. The van der Waals surface area contributed by atoms with Gasteiger partial charge in [-0.2, -0.15) is 0 Å². The monoisotopic (exact) mass is 372 g/mol. The van der Waals surface area contributed by atoms with Crippen molar-refractivity contribution in [2.75, 3.05) is 13.1 Å². The Bertz CT molecular complexity index is 786. The van der Waals surface area contributed by atoms with Crippen LogP contribution in [0.3, 0.4) is 0 Å². The fraction of sp³-hybridized carbons (Fsp3) is 0.316. The quantitative estimate of drug-likeness (QED) is 0.815. The van der Waals surface area contributed by atoms with Crippen LogP contribution in [-0.4, -0.2) is 46.9 Å². The third-order valence-electron chi connectivity index (χ3n) is 4.46. The molecule has 2 N–H and O–H groups in total. The highest BCUT2D eigenvalue weighted by molar-refractivity contribution is 7.12. The SMILES string of the molecule is O=C(O)c1ccc(CCNC(=O)C2CCCN2C(=O)c2cccs2)cc1. The summed E-state index contributed by atoms with van der Waals surface area (Å²) < 4.78 is 0. The zero-order valence-electron chi connectivity index (χ0n) is 14.2. The van der Waals surface area contributed by atoms with Gasteiger partial charge in [-0.25, -0.2) is 4.79 Å². The van der Waals surface area contributed by atoms with Gasteiger partial charge in [-0.05, 0) is 48.4 Å². The molecule has 1 saturated heterocycles. The molecule has 0 saturated carbocycles. The summed E-state index contributed by atoms with van der Waals surface area (Å²) >= 11 is 1.39. The molecule has 1 atom stereocenters. The van der Waals surface area contributed by atoms with Crippen molar-refractivity contribution in [3.8, 4) is 0 Å². The number of carboxylic acids is 1. The van der Waals surface area contributed by atoms with Crippen LogP contribution >= 0.6 is 11.3 Å². The fourth-order valence-electron chi connectivity index (χ4n) is 3.09. The molecule has 26 heavy (non-hydrogen) atoms. The number of likely N-dealkylation sites (tertiary alicyclic amines) is 1.